The number of nitrogens with one attached hydrogen (secondary N) is 1. The van der Waals surface area contributed by atoms with Gasteiger partial charge in [0.05, 0.1) is 4.92 Å². The quantitative estimate of drug-likeness (QED) is 0.197. The lowest BCUT2D eigenvalue weighted by atomic mass is 10.0. The zero-order valence-corrected chi connectivity index (χ0v) is 16.0. The van der Waals surface area contributed by atoms with Gasteiger partial charge < -0.3 is 5.32 Å². The molecule has 4 rings (SSSR count). The van der Waals surface area contributed by atoms with E-state index in [9.17, 15) is 14.9 Å². The molecule has 0 atom stereocenters. The number of rotatable bonds is 5. The molecule has 5 heteroatoms. The third-order valence-electron chi connectivity index (χ3n) is 4.73. The minimum atomic E-state index is -0.450. The van der Waals surface area contributed by atoms with Gasteiger partial charge in [-0.05, 0) is 40.1 Å². The molecule has 0 aliphatic carbocycles. The van der Waals surface area contributed by atoms with Crippen LogP contribution in [0.3, 0.4) is 0 Å². The summed E-state index contributed by atoms with van der Waals surface area (Å²) in [5, 5.41) is 16.2. The van der Waals surface area contributed by atoms with Gasteiger partial charge in [0.25, 0.3) is 11.6 Å². The fourth-order valence-electron chi connectivity index (χ4n) is 3.26. The fourth-order valence-corrected chi connectivity index (χ4v) is 3.26. The first kappa shape index (κ1) is 19.1. The second kappa shape index (κ2) is 8.41. The van der Waals surface area contributed by atoms with Crippen molar-refractivity contribution >= 4 is 39.7 Å². The summed E-state index contributed by atoms with van der Waals surface area (Å²) < 4.78 is 0. The van der Waals surface area contributed by atoms with Crippen LogP contribution in [0.1, 0.15) is 11.1 Å². The van der Waals surface area contributed by atoms with Crippen LogP contribution in [0.2, 0.25) is 0 Å². The predicted octanol–water partition coefficient (Wildman–Crippen LogP) is 5.93. The zero-order chi connectivity index (χ0) is 20.9. The van der Waals surface area contributed by atoms with Crippen LogP contribution in [0.15, 0.2) is 97.1 Å². The van der Waals surface area contributed by atoms with Gasteiger partial charge in [0, 0.05) is 23.4 Å². The predicted molar refractivity (Wildman–Crippen MR) is 120 cm³/mol. The van der Waals surface area contributed by atoms with E-state index in [0.717, 1.165) is 16.3 Å². The van der Waals surface area contributed by atoms with Crippen molar-refractivity contribution < 1.29 is 9.72 Å². The first-order valence-electron chi connectivity index (χ1n) is 9.42. The van der Waals surface area contributed by atoms with Gasteiger partial charge in [-0.3, -0.25) is 14.9 Å². The number of nitro benzene ring substituents is 1. The molecule has 0 radical (unpaired) electrons. The Bertz CT molecular complexity index is 1260. The van der Waals surface area contributed by atoms with Gasteiger partial charge in [-0.25, -0.2) is 0 Å². The van der Waals surface area contributed by atoms with E-state index in [2.05, 4.69) is 5.32 Å². The summed E-state index contributed by atoms with van der Waals surface area (Å²) in [6, 6.07) is 29.1. The summed E-state index contributed by atoms with van der Waals surface area (Å²) in [6.45, 7) is 0. The van der Waals surface area contributed by atoms with E-state index in [4.69, 9.17) is 0 Å². The maximum atomic E-state index is 13.2. The molecule has 146 valence electrons. The van der Waals surface area contributed by atoms with Crippen LogP contribution in [0.4, 0.5) is 11.4 Å². The van der Waals surface area contributed by atoms with Crippen molar-refractivity contribution in [1.29, 1.82) is 0 Å². The minimum Gasteiger partial charge on any atom is -0.322 e. The van der Waals surface area contributed by atoms with Crippen LogP contribution < -0.4 is 5.32 Å². The topological polar surface area (TPSA) is 72.2 Å². The molecule has 0 saturated heterocycles. The summed E-state index contributed by atoms with van der Waals surface area (Å²) in [4.78, 5) is 23.8. The van der Waals surface area contributed by atoms with Crippen molar-refractivity contribution in [3.8, 4) is 0 Å². The minimum absolute atomic E-state index is 0.0221. The Kier molecular flexibility index (Phi) is 5.35. The molecule has 0 saturated carbocycles. The second-order valence-electron chi connectivity index (χ2n) is 6.79. The molecule has 0 aliphatic heterocycles. The number of benzene rings is 4. The lowest BCUT2D eigenvalue weighted by Gasteiger charge is -2.11. The molecule has 4 aromatic carbocycles. The molecular weight excluding hydrogens is 376 g/mol. The molecule has 30 heavy (non-hydrogen) atoms. The van der Waals surface area contributed by atoms with E-state index in [1.807, 2.05) is 72.8 Å². The lowest BCUT2D eigenvalue weighted by molar-refractivity contribution is -0.384. The number of anilines is 1. The first-order valence-corrected chi connectivity index (χ1v) is 9.42. The van der Waals surface area contributed by atoms with Crippen LogP contribution in [0.5, 0.6) is 0 Å². The van der Waals surface area contributed by atoms with Gasteiger partial charge in [-0.15, -0.1) is 0 Å². The van der Waals surface area contributed by atoms with Crippen LogP contribution in [0.25, 0.3) is 22.4 Å². The van der Waals surface area contributed by atoms with E-state index in [1.54, 1.807) is 18.2 Å². The molecule has 0 fully saturated rings. The average molecular weight is 394 g/mol. The average Bonchev–Trinajstić information content (AvgIpc) is 2.78. The number of hydrogen-bond acceptors (Lipinski definition) is 3. The van der Waals surface area contributed by atoms with Crippen molar-refractivity contribution in [3.05, 3.63) is 118 Å². The van der Waals surface area contributed by atoms with Gasteiger partial charge in [0.15, 0.2) is 0 Å². The highest BCUT2D eigenvalue weighted by Gasteiger charge is 2.14. The monoisotopic (exact) mass is 394 g/mol. The molecule has 1 amide bonds. The number of fused-ring (bicyclic) bond motifs is 1. The highest BCUT2D eigenvalue weighted by atomic mass is 16.6. The lowest BCUT2D eigenvalue weighted by Crippen LogP contribution is -2.13. The molecule has 0 bridgehead atoms. The van der Waals surface area contributed by atoms with Crippen LogP contribution in [0, 0.1) is 10.1 Å². The number of carbonyl (C=O) groups is 1. The van der Waals surface area contributed by atoms with Crippen LogP contribution in [-0.4, -0.2) is 10.8 Å². The third kappa shape index (κ3) is 4.25. The zero-order valence-electron chi connectivity index (χ0n) is 16.0. The van der Waals surface area contributed by atoms with Crippen LogP contribution in [-0.2, 0) is 4.79 Å². The molecular formula is C25H18N2O3. The van der Waals surface area contributed by atoms with Crippen molar-refractivity contribution in [3.63, 3.8) is 0 Å². The van der Waals surface area contributed by atoms with Crippen molar-refractivity contribution in [1.82, 2.24) is 0 Å². The summed E-state index contributed by atoms with van der Waals surface area (Å²) in [5.41, 5.74) is 2.38. The number of amides is 1. The fraction of sp³-hybridized carbons (Fsp3) is 0. The Hall–Kier alpha value is -4.25. The Morgan fingerprint density at radius 3 is 2.30 bits per heavy atom. The van der Waals surface area contributed by atoms with Gasteiger partial charge in [0.2, 0.25) is 0 Å². The molecule has 0 spiro atoms. The molecule has 0 unspecified atom stereocenters. The summed E-state index contributed by atoms with van der Waals surface area (Å²) in [5.74, 6) is -0.289. The maximum absolute atomic E-state index is 13.2. The SMILES string of the molecule is O=C(Nc1ccc2ccccc2c1)/C(=C/c1cccc([N+](=O)[O-])c1)c1ccccc1. The molecule has 1 N–H and O–H groups in total. The Balaban J connectivity index is 1.71. The Morgan fingerprint density at radius 1 is 0.800 bits per heavy atom. The first-order chi connectivity index (χ1) is 14.6. The summed E-state index contributed by atoms with van der Waals surface area (Å²) in [7, 11) is 0. The van der Waals surface area contributed by atoms with Crippen LogP contribution >= 0.6 is 0 Å². The number of nitro groups is 1. The highest BCUT2D eigenvalue weighted by molar-refractivity contribution is 6.29. The van der Waals surface area contributed by atoms with Crippen molar-refractivity contribution in [2.45, 2.75) is 0 Å². The normalized spacial score (nSPS) is 11.3. The largest absolute Gasteiger partial charge is 0.322 e. The van der Waals surface area contributed by atoms with Crippen molar-refractivity contribution in [2.24, 2.45) is 0 Å². The van der Waals surface area contributed by atoms with E-state index >= 15 is 0 Å². The Morgan fingerprint density at radius 2 is 1.53 bits per heavy atom. The number of hydrogen-bond donors (Lipinski definition) is 1. The molecule has 0 heterocycles. The van der Waals surface area contributed by atoms with E-state index < -0.39 is 4.92 Å². The second-order valence-corrected chi connectivity index (χ2v) is 6.79. The summed E-state index contributed by atoms with van der Waals surface area (Å²) >= 11 is 0. The van der Waals surface area contributed by atoms with E-state index in [0.29, 0.717) is 16.8 Å². The Labute approximate surface area is 173 Å². The highest BCUT2D eigenvalue weighted by Crippen LogP contribution is 2.24. The number of carbonyl (C=O) groups excluding carboxylic acids is 1. The standard InChI is InChI=1S/C25H18N2O3/c28-25(26-22-14-13-19-8-4-5-11-21(19)17-22)24(20-9-2-1-3-10-20)16-18-7-6-12-23(15-18)27(29)30/h1-17H,(H,26,28)/b24-16+. The molecule has 0 aromatic heterocycles. The third-order valence-corrected chi connectivity index (χ3v) is 4.73. The van der Waals surface area contributed by atoms with E-state index in [1.165, 1.54) is 12.1 Å². The number of nitrogens with zero attached hydrogens (tertiary/aromatic N) is 1. The summed E-state index contributed by atoms with van der Waals surface area (Å²) in [6.07, 6.45) is 1.67. The van der Waals surface area contributed by atoms with Crippen molar-refractivity contribution in [2.75, 3.05) is 5.32 Å². The van der Waals surface area contributed by atoms with Gasteiger partial charge in [-0.1, -0.05) is 72.8 Å². The van der Waals surface area contributed by atoms with Gasteiger partial charge in [-0.2, -0.15) is 0 Å². The van der Waals surface area contributed by atoms with Gasteiger partial charge >= 0.3 is 0 Å². The van der Waals surface area contributed by atoms with Gasteiger partial charge in [0.1, 0.15) is 0 Å². The number of non-ortho nitro benzene ring substituents is 1. The molecule has 4 aromatic rings. The smallest absolute Gasteiger partial charge is 0.270 e. The maximum Gasteiger partial charge on any atom is 0.270 e. The molecule has 5 nitrogen and oxygen atoms in total. The molecule has 0 aliphatic rings. The van der Waals surface area contributed by atoms with E-state index in [-0.39, 0.29) is 11.6 Å².